The van der Waals surface area contributed by atoms with Crippen LogP contribution in [0.1, 0.15) is 49.2 Å². The van der Waals surface area contributed by atoms with E-state index in [9.17, 15) is 9.90 Å². The first-order valence-electron chi connectivity index (χ1n) is 7.00. The molecule has 1 fully saturated rings. The Labute approximate surface area is 114 Å². The molecule has 104 valence electrons. The summed E-state index contributed by atoms with van der Waals surface area (Å²) in [5, 5.41) is 9.18. The zero-order chi connectivity index (χ0) is 13.9. The molecule has 0 spiro atoms. The van der Waals surface area contributed by atoms with Gasteiger partial charge in [-0.1, -0.05) is 13.8 Å². The monoisotopic (exact) mass is 262 g/mol. The Morgan fingerprint density at radius 1 is 1.47 bits per heavy atom. The van der Waals surface area contributed by atoms with Crippen LogP contribution in [0.2, 0.25) is 0 Å². The van der Waals surface area contributed by atoms with Crippen LogP contribution >= 0.6 is 0 Å². The van der Waals surface area contributed by atoms with Crippen LogP contribution in [0.15, 0.2) is 18.3 Å². The molecule has 2 rings (SSSR count). The summed E-state index contributed by atoms with van der Waals surface area (Å²) in [5.74, 6) is -0.889. The van der Waals surface area contributed by atoms with E-state index in [0.29, 0.717) is 23.2 Å². The van der Waals surface area contributed by atoms with Gasteiger partial charge in [0.25, 0.3) is 0 Å². The second-order valence-corrected chi connectivity index (χ2v) is 5.47. The average Bonchev–Trinajstić information content (AvgIpc) is 2.83. The van der Waals surface area contributed by atoms with E-state index in [2.05, 4.69) is 23.7 Å². The molecule has 0 atom stereocenters. The molecule has 0 aromatic carbocycles. The number of hydrogen-bond donors (Lipinski definition) is 1. The number of nitrogens with zero attached hydrogens (tertiary/aromatic N) is 2. The lowest BCUT2D eigenvalue weighted by molar-refractivity contribution is 0.0694. The Morgan fingerprint density at radius 2 is 2.21 bits per heavy atom. The van der Waals surface area contributed by atoms with Crippen molar-refractivity contribution in [2.24, 2.45) is 5.41 Å². The fraction of sp³-hybridized carbons (Fsp3) is 0.600. The summed E-state index contributed by atoms with van der Waals surface area (Å²) in [5.41, 5.74) is 1.42. The van der Waals surface area contributed by atoms with Gasteiger partial charge in [0, 0.05) is 19.3 Å². The third kappa shape index (κ3) is 2.95. The number of aromatic nitrogens is 1. The molecule has 1 aromatic heterocycles. The number of pyridine rings is 1. The van der Waals surface area contributed by atoms with Crippen LogP contribution in [0.4, 0.5) is 0 Å². The van der Waals surface area contributed by atoms with Crippen LogP contribution < -0.4 is 0 Å². The molecular formula is C15H22N2O2. The van der Waals surface area contributed by atoms with E-state index in [0.717, 1.165) is 13.1 Å². The second kappa shape index (κ2) is 5.70. The molecule has 0 unspecified atom stereocenters. The molecule has 0 amide bonds. The van der Waals surface area contributed by atoms with Crippen molar-refractivity contribution in [3.05, 3.63) is 29.6 Å². The van der Waals surface area contributed by atoms with Gasteiger partial charge in [0.1, 0.15) is 0 Å². The van der Waals surface area contributed by atoms with Crippen molar-refractivity contribution in [3.63, 3.8) is 0 Å². The van der Waals surface area contributed by atoms with E-state index < -0.39 is 5.97 Å². The molecule has 1 aromatic rings. The predicted molar refractivity (Wildman–Crippen MR) is 74.1 cm³/mol. The Hall–Kier alpha value is -1.42. The molecule has 1 aliphatic heterocycles. The number of rotatable bonds is 5. The van der Waals surface area contributed by atoms with Crippen LogP contribution in [0.3, 0.4) is 0 Å². The topological polar surface area (TPSA) is 53.4 Å². The van der Waals surface area contributed by atoms with Crippen molar-refractivity contribution in [2.45, 2.75) is 39.7 Å². The lowest BCUT2D eigenvalue weighted by Crippen LogP contribution is -2.27. The maximum Gasteiger partial charge on any atom is 0.337 e. The van der Waals surface area contributed by atoms with Crippen LogP contribution in [-0.2, 0) is 6.54 Å². The normalized spacial score (nSPS) is 18.6. The first-order valence-corrected chi connectivity index (χ1v) is 7.00. The Bertz CT molecular complexity index is 455. The minimum absolute atomic E-state index is 0.327. The van der Waals surface area contributed by atoms with Gasteiger partial charge >= 0.3 is 5.97 Å². The molecule has 2 heterocycles. The van der Waals surface area contributed by atoms with Crippen LogP contribution in [0, 0.1) is 5.41 Å². The Balaban J connectivity index is 2.09. The van der Waals surface area contributed by atoms with Gasteiger partial charge in [-0.25, -0.2) is 4.79 Å². The number of carboxylic acids is 1. The molecule has 0 saturated carbocycles. The second-order valence-electron chi connectivity index (χ2n) is 5.47. The summed E-state index contributed by atoms with van der Waals surface area (Å²) >= 11 is 0. The van der Waals surface area contributed by atoms with Gasteiger partial charge < -0.3 is 5.11 Å². The molecule has 19 heavy (non-hydrogen) atoms. The Morgan fingerprint density at radius 3 is 2.79 bits per heavy atom. The summed E-state index contributed by atoms with van der Waals surface area (Å²) in [6, 6.07) is 3.31. The number of likely N-dealkylation sites (tertiary alicyclic amines) is 1. The van der Waals surface area contributed by atoms with Gasteiger partial charge in [0.15, 0.2) is 0 Å². The zero-order valence-electron chi connectivity index (χ0n) is 11.7. The highest BCUT2D eigenvalue weighted by atomic mass is 16.4. The minimum atomic E-state index is -0.889. The minimum Gasteiger partial charge on any atom is -0.478 e. The SMILES string of the molecule is CCC1(CC)CCN(Cc2ncccc2C(=O)O)C1. The molecule has 1 saturated heterocycles. The first-order chi connectivity index (χ1) is 9.10. The van der Waals surface area contributed by atoms with Gasteiger partial charge in [0.05, 0.1) is 11.3 Å². The fourth-order valence-electron chi connectivity index (χ4n) is 2.96. The fourth-order valence-corrected chi connectivity index (χ4v) is 2.96. The van der Waals surface area contributed by atoms with Crippen molar-refractivity contribution in [1.29, 1.82) is 0 Å². The molecular weight excluding hydrogens is 240 g/mol. The van der Waals surface area contributed by atoms with E-state index in [-0.39, 0.29) is 0 Å². The van der Waals surface area contributed by atoms with Crippen LogP contribution in [-0.4, -0.2) is 34.0 Å². The molecule has 0 aliphatic carbocycles. The van der Waals surface area contributed by atoms with Gasteiger partial charge in [-0.05, 0) is 43.4 Å². The van der Waals surface area contributed by atoms with E-state index in [1.54, 1.807) is 18.3 Å². The highest BCUT2D eigenvalue weighted by Crippen LogP contribution is 2.37. The maximum absolute atomic E-state index is 11.2. The Kier molecular flexibility index (Phi) is 4.20. The largest absolute Gasteiger partial charge is 0.478 e. The van der Waals surface area contributed by atoms with Crippen molar-refractivity contribution in [3.8, 4) is 0 Å². The molecule has 0 bridgehead atoms. The highest BCUT2D eigenvalue weighted by Gasteiger charge is 2.35. The summed E-state index contributed by atoms with van der Waals surface area (Å²) in [6.07, 6.45) is 5.25. The lowest BCUT2D eigenvalue weighted by Gasteiger charge is -2.26. The molecule has 4 heteroatoms. The summed E-state index contributed by atoms with van der Waals surface area (Å²) < 4.78 is 0. The third-order valence-corrected chi connectivity index (χ3v) is 4.51. The van der Waals surface area contributed by atoms with Gasteiger partial charge in [-0.15, -0.1) is 0 Å². The van der Waals surface area contributed by atoms with Gasteiger partial charge in [-0.2, -0.15) is 0 Å². The van der Waals surface area contributed by atoms with Crippen molar-refractivity contribution in [2.75, 3.05) is 13.1 Å². The first kappa shape index (κ1) is 14.0. The summed E-state index contributed by atoms with van der Waals surface area (Å²) in [6.45, 7) is 7.23. The highest BCUT2D eigenvalue weighted by molar-refractivity contribution is 5.88. The quantitative estimate of drug-likeness (QED) is 0.886. The summed E-state index contributed by atoms with van der Waals surface area (Å²) in [7, 11) is 0. The van der Waals surface area contributed by atoms with Crippen molar-refractivity contribution in [1.82, 2.24) is 9.88 Å². The van der Waals surface area contributed by atoms with Gasteiger partial charge in [-0.3, -0.25) is 9.88 Å². The van der Waals surface area contributed by atoms with E-state index in [1.165, 1.54) is 19.3 Å². The van der Waals surface area contributed by atoms with E-state index in [4.69, 9.17) is 0 Å². The molecule has 1 aliphatic rings. The van der Waals surface area contributed by atoms with Crippen molar-refractivity contribution < 1.29 is 9.90 Å². The van der Waals surface area contributed by atoms with E-state index in [1.807, 2.05) is 0 Å². The van der Waals surface area contributed by atoms with E-state index >= 15 is 0 Å². The van der Waals surface area contributed by atoms with Crippen molar-refractivity contribution >= 4 is 5.97 Å². The lowest BCUT2D eigenvalue weighted by atomic mass is 9.82. The standard InChI is InChI=1S/C15H22N2O2/c1-3-15(4-2)7-9-17(11-15)10-13-12(14(18)19)6-5-8-16-13/h5-6,8H,3-4,7,9-11H2,1-2H3,(H,18,19). The van der Waals surface area contributed by atoms with Gasteiger partial charge in [0.2, 0.25) is 0 Å². The molecule has 1 N–H and O–H groups in total. The third-order valence-electron chi connectivity index (χ3n) is 4.51. The smallest absolute Gasteiger partial charge is 0.337 e. The number of hydrogen-bond acceptors (Lipinski definition) is 3. The average molecular weight is 262 g/mol. The van der Waals surface area contributed by atoms with Crippen LogP contribution in [0.5, 0.6) is 0 Å². The molecule has 4 nitrogen and oxygen atoms in total. The number of carboxylic acid groups (broad SMARTS) is 1. The number of aromatic carboxylic acids is 1. The predicted octanol–water partition coefficient (Wildman–Crippen LogP) is 2.79. The zero-order valence-corrected chi connectivity index (χ0v) is 11.7. The van der Waals surface area contributed by atoms with Crippen LogP contribution in [0.25, 0.3) is 0 Å². The maximum atomic E-state index is 11.2. The molecule has 0 radical (unpaired) electrons. The summed E-state index contributed by atoms with van der Waals surface area (Å²) in [4.78, 5) is 17.8. The number of carbonyl (C=O) groups is 1.